The summed E-state index contributed by atoms with van der Waals surface area (Å²) in [6.45, 7) is 0.808. The largest absolute Gasteiger partial charge is 0.351 e. The van der Waals surface area contributed by atoms with Crippen LogP contribution in [-0.4, -0.2) is 29.9 Å². The fourth-order valence-electron chi connectivity index (χ4n) is 3.74. The molecule has 28 heavy (non-hydrogen) atoms. The van der Waals surface area contributed by atoms with Crippen LogP contribution >= 0.6 is 0 Å². The zero-order valence-electron chi connectivity index (χ0n) is 16.3. The van der Waals surface area contributed by atoms with Gasteiger partial charge in [0.1, 0.15) is 0 Å². The molecule has 1 saturated carbocycles. The van der Waals surface area contributed by atoms with E-state index in [1.807, 2.05) is 18.2 Å². The van der Waals surface area contributed by atoms with Crippen LogP contribution in [0.1, 0.15) is 48.0 Å². The summed E-state index contributed by atoms with van der Waals surface area (Å²) in [6.07, 6.45) is 6.43. The van der Waals surface area contributed by atoms with Gasteiger partial charge in [0.05, 0.1) is 0 Å². The van der Waals surface area contributed by atoms with Crippen molar-refractivity contribution in [3.05, 3.63) is 59.7 Å². The van der Waals surface area contributed by atoms with E-state index in [4.69, 9.17) is 5.73 Å². The number of amides is 3. The summed E-state index contributed by atoms with van der Waals surface area (Å²) < 4.78 is 0. The molecule has 3 rings (SSSR count). The van der Waals surface area contributed by atoms with Gasteiger partial charge in [0, 0.05) is 29.5 Å². The average molecular weight is 380 g/mol. The molecule has 0 aliphatic heterocycles. The SMILES string of the molecule is CN(Cc1ccccc1NC(=O)c1ccc(NC(N)=O)cc1)C1CCCCC1. The number of nitrogens with zero attached hydrogens (tertiary/aromatic N) is 1. The fourth-order valence-corrected chi connectivity index (χ4v) is 3.74. The van der Waals surface area contributed by atoms with Crippen molar-refractivity contribution >= 4 is 23.3 Å². The molecule has 2 aromatic rings. The van der Waals surface area contributed by atoms with Crippen molar-refractivity contribution in [3.8, 4) is 0 Å². The molecule has 0 unspecified atom stereocenters. The third-order valence-electron chi connectivity index (χ3n) is 5.30. The number of nitrogens with two attached hydrogens (primary N) is 1. The maximum absolute atomic E-state index is 12.7. The lowest BCUT2D eigenvalue weighted by molar-refractivity contribution is 0.102. The minimum absolute atomic E-state index is 0.182. The van der Waals surface area contributed by atoms with E-state index in [0.29, 0.717) is 17.3 Å². The molecule has 6 nitrogen and oxygen atoms in total. The van der Waals surface area contributed by atoms with E-state index < -0.39 is 6.03 Å². The van der Waals surface area contributed by atoms with Gasteiger partial charge in [0.15, 0.2) is 0 Å². The normalized spacial score (nSPS) is 14.6. The summed E-state index contributed by atoms with van der Waals surface area (Å²) >= 11 is 0. The third kappa shape index (κ3) is 5.33. The molecule has 1 aliphatic carbocycles. The third-order valence-corrected chi connectivity index (χ3v) is 5.30. The van der Waals surface area contributed by atoms with Crippen molar-refractivity contribution in [3.63, 3.8) is 0 Å². The number of carbonyl (C=O) groups is 2. The van der Waals surface area contributed by atoms with E-state index in [-0.39, 0.29) is 5.91 Å². The monoisotopic (exact) mass is 380 g/mol. The Labute approximate surface area is 166 Å². The van der Waals surface area contributed by atoms with Crippen LogP contribution < -0.4 is 16.4 Å². The van der Waals surface area contributed by atoms with Crippen LogP contribution in [0.2, 0.25) is 0 Å². The topological polar surface area (TPSA) is 87.5 Å². The molecule has 0 spiro atoms. The summed E-state index contributed by atoms with van der Waals surface area (Å²) in [5.41, 5.74) is 8.11. The molecule has 0 aromatic heterocycles. The van der Waals surface area contributed by atoms with Gasteiger partial charge in [-0.05, 0) is 55.8 Å². The second-order valence-electron chi connectivity index (χ2n) is 7.38. The Morgan fingerprint density at radius 1 is 1.00 bits per heavy atom. The van der Waals surface area contributed by atoms with Gasteiger partial charge in [0.25, 0.3) is 5.91 Å². The van der Waals surface area contributed by atoms with Crippen molar-refractivity contribution < 1.29 is 9.59 Å². The summed E-state index contributed by atoms with van der Waals surface area (Å²) in [6, 6.07) is 14.6. The molecular formula is C22H28N4O2. The molecule has 0 saturated heterocycles. The first-order valence-corrected chi connectivity index (χ1v) is 9.79. The molecule has 0 bridgehead atoms. The van der Waals surface area contributed by atoms with E-state index in [1.54, 1.807) is 24.3 Å². The highest BCUT2D eigenvalue weighted by Crippen LogP contribution is 2.25. The first-order chi connectivity index (χ1) is 13.5. The lowest BCUT2D eigenvalue weighted by Gasteiger charge is -2.31. The Morgan fingerprint density at radius 3 is 2.36 bits per heavy atom. The standard InChI is InChI=1S/C22H28N4O2/c1-26(19-8-3-2-4-9-19)15-17-7-5-6-10-20(17)25-21(27)16-11-13-18(14-12-16)24-22(23)28/h5-7,10-14,19H,2-4,8-9,15H2,1H3,(H,25,27)(H3,23,24,28). The van der Waals surface area contributed by atoms with E-state index >= 15 is 0 Å². The van der Waals surface area contributed by atoms with Gasteiger partial charge in [-0.1, -0.05) is 37.5 Å². The molecule has 0 radical (unpaired) electrons. The molecule has 2 aromatic carbocycles. The van der Waals surface area contributed by atoms with Gasteiger partial charge >= 0.3 is 6.03 Å². The van der Waals surface area contributed by atoms with Gasteiger partial charge in [-0.25, -0.2) is 4.79 Å². The zero-order valence-corrected chi connectivity index (χ0v) is 16.3. The highest BCUT2D eigenvalue weighted by molar-refractivity contribution is 6.05. The van der Waals surface area contributed by atoms with Gasteiger partial charge < -0.3 is 16.4 Å². The average Bonchev–Trinajstić information content (AvgIpc) is 2.70. The maximum Gasteiger partial charge on any atom is 0.316 e. The molecule has 4 N–H and O–H groups in total. The van der Waals surface area contributed by atoms with Crippen molar-refractivity contribution in [2.24, 2.45) is 5.73 Å². The van der Waals surface area contributed by atoms with Crippen LogP contribution in [0.15, 0.2) is 48.5 Å². The Bertz CT molecular complexity index is 814. The number of para-hydroxylation sites is 1. The van der Waals surface area contributed by atoms with Gasteiger partial charge in [-0.2, -0.15) is 0 Å². The second-order valence-corrected chi connectivity index (χ2v) is 7.38. The van der Waals surface area contributed by atoms with Crippen molar-refractivity contribution in [1.82, 2.24) is 4.90 Å². The van der Waals surface area contributed by atoms with Gasteiger partial charge in [-0.15, -0.1) is 0 Å². The molecule has 1 fully saturated rings. The lowest BCUT2D eigenvalue weighted by atomic mass is 9.94. The van der Waals surface area contributed by atoms with Crippen LogP contribution in [0.5, 0.6) is 0 Å². The van der Waals surface area contributed by atoms with Crippen LogP contribution in [0.25, 0.3) is 0 Å². The number of carbonyl (C=O) groups excluding carboxylic acids is 2. The Morgan fingerprint density at radius 2 is 1.68 bits per heavy atom. The minimum atomic E-state index is -0.631. The zero-order chi connectivity index (χ0) is 19.9. The number of hydrogen-bond donors (Lipinski definition) is 3. The number of primary amides is 1. The number of hydrogen-bond acceptors (Lipinski definition) is 3. The Kier molecular flexibility index (Phi) is 6.66. The quantitative estimate of drug-likeness (QED) is 0.702. The van der Waals surface area contributed by atoms with E-state index in [0.717, 1.165) is 17.8 Å². The molecule has 1 aliphatic rings. The number of urea groups is 1. The smallest absolute Gasteiger partial charge is 0.316 e. The minimum Gasteiger partial charge on any atom is -0.351 e. The highest BCUT2D eigenvalue weighted by Gasteiger charge is 2.19. The predicted molar refractivity (Wildman–Crippen MR) is 112 cm³/mol. The van der Waals surface area contributed by atoms with Crippen LogP contribution in [0.4, 0.5) is 16.2 Å². The molecule has 148 valence electrons. The van der Waals surface area contributed by atoms with Gasteiger partial charge in [-0.3, -0.25) is 9.69 Å². The van der Waals surface area contributed by atoms with E-state index in [1.165, 1.54) is 32.1 Å². The molecule has 3 amide bonds. The fraction of sp³-hybridized carbons (Fsp3) is 0.364. The molecule has 6 heteroatoms. The van der Waals surface area contributed by atoms with Crippen molar-refractivity contribution in [2.75, 3.05) is 17.7 Å². The van der Waals surface area contributed by atoms with E-state index in [9.17, 15) is 9.59 Å². The molecule has 0 heterocycles. The van der Waals surface area contributed by atoms with Crippen molar-refractivity contribution in [1.29, 1.82) is 0 Å². The summed E-state index contributed by atoms with van der Waals surface area (Å²) in [4.78, 5) is 25.9. The van der Waals surface area contributed by atoms with E-state index in [2.05, 4.69) is 28.6 Å². The molecule has 0 atom stereocenters. The molecular weight excluding hydrogens is 352 g/mol. The summed E-state index contributed by atoms with van der Waals surface area (Å²) in [7, 11) is 2.17. The maximum atomic E-state index is 12.7. The number of rotatable bonds is 6. The lowest BCUT2D eigenvalue weighted by Crippen LogP contribution is -2.33. The Hall–Kier alpha value is -2.86. The summed E-state index contributed by atoms with van der Waals surface area (Å²) in [5.74, 6) is -0.182. The summed E-state index contributed by atoms with van der Waals surface area (Å²) in [5, 5.41) is 5.50. The highest BCUT2D eigenvalue weighted by atomic mass is 16.2. The van der Waals surface area contributed by atoms with Crippen LogP contribution in [-0.2, 0) is 6.54 Å². The number of nitrogens with one attached hydrogen (secondary N) is 2. The Balaban J connectivity index is 1.66. The van der Waals surface area contributed by atoms with Gasteiger partial charge in [0.2, 0.25) is 0 Å². The first-order valence-electron chi connectivity index (χ1n) is 9.79. The number of benzene rings is 2. The van der Waals surface area contributed by atoms with Crippen LogP contribution in [0.3, 0.4) is 0 Å². The first kappa shape index (κ1) is 19.9. The number of anilines is 2. The van der Waals surface area contributed by atoms with Crippen LogP contribution in [0, 0.1) is 0 Å². The predicted octanol–water partition coefficient (Wildman–Crippen LogP) is 4.19. The second kappa shape index (κ2) is 9.37. The van der Waals surface area contributed by atoms with Crippen molar-refractivity contribution in [2.45, 2.75) is 44.7 Å².